The molecule has 0 spiro atoms. The third-order valence-corrected chi connectivity index (χ3v) is 4.29. The molecular formula is C21H29N3NiO2. The summed E-state index contributed by atoms with van der Waals surface area (Å²) in [6.07, 6.45) is 3.67. The standard InChI is InChI=1S/C21H28N3O2.Ni/c1-15(23-5)19-7-6-17(13-18(19)14-22)12-16-8-10-24(11-9-16)20(25)26-21(2,3)4;/h5-7,12-13H,1,8-11,14,22H2,2-4H3;/q-1;/p+1. The molecule has 0 bridgehead atoms. The molecule has 3 N–H and O–H groups in total. The van der Waals surface area contributed by atoms with Gasteiger partial charge in [-0.05, 0) is 50.8 Å². The Kier molecular flexibility index (Phi) is 8.45. The molecule has 0 unspecified atom stereocenters. The Hall–Kier alpha value is -1.91. The molecule has 1 aromatic rings. The average molecular weight is 414 g/mol. The van der Waals surface area contributed by atoms with Gasteiger partial charge >= 0.3 is 6.09 Å². The largest absolute Gasteiger partial charge is 0.460 e. The van der Waals surface area contributed by atoms with Crippen molar-refractivity contribution in [3.05, 3.63) is 47.0 Å². The summed E-state index contributed by atoms with van der Waals surface area (Å²) in [5.41, 5.74) is 8.54. The third kappa shape index (κ3) is 6.64. The van der Waals surface area contributed by atoms with Gasteiger partial charge in [0.05, 0.1) is 6.54 Å². The van der Waals surface area contributed by atoms with Crippen LogP contribution < -0.4 is 5.73 Å². The van der Waals surface area contributed by atoms with Gasteiger partial charge in [0, 0.05) is 29.6 Å². The molecule has 0 radical (unpaired) electrons. The number of nitrogens with zero attached hydrogens (tertiary/aromatic N) is 2. The van der Waals surface area contributed by atoms with Crippen molar-refractivity contribution in [1.82, 2.24) is 4.90 Å². The van der Waals surface area contributed by atoms with Crippen molar-refractivity contribution < 1.29 is 31.8 Å². The SMILES string of the molecule is [CH-]=NC(=C)c1ccc(C=C2CCN(C(=O)OC(C)(C)C)CC2)cc1C[NH3+].[Ni]. The fourth-order valence-electron chi connectivity index (χ4n) is 2.94. The van der Waals surface area contributed by atoms with Crippen molar-refractivity contribution >= 4 is 24.6 Å². The van der Waals surface area contributed by atoms with Gasteiger partial charge in [0.25, 0.3) is 0 Å². The topological polar surface area (TPSA) is 69.5 Å². The van der Waals surface area contributed by atoms with Crippen molar-refractivity contribution in [2.75, 3.05) is 13.1 Å². The van der Waals surface area contributed by atoms with E-state index in [1.54, 1.807) is 4.90 Å². The number of carbonyl (C=O) groups is 1. The van der Waals surface area contributed by atoms with Crippen LogP contribution in [0.3, 0.4) is 0 Å². The van der Waals surface area contributed by atoms with Gasteiger partial charge < -0.3 is 20.4 Å². The summed E-state index contributed by atoms with van der Waals surface area (Å²) in [6.45, 7) is 16.9. The van der Waals surface area contributed by atoms with Crippen molar-refractivity contribution in [1.29, 1.82) is 0 Å². The minimum Gasteiger partial charge on any atom is -0.460 e. The van der Waals surface area contributed by atoms with Gasteiger partial charge in [0.1, 0.15) is 5.60 Å². The molecule has 0 saturated carbocycles. The van der Waals surface area contributed by atoms with E-state index < -0.39 is 5.60 Å². The Balaban J connectivity index is 0.00000364. The predicted octanol–water partition coefficient (Wildman–Crippen LogP) is 3.39. The van der Waals surface area contributed by atoms with Crippen LogP contribution in [0.5, 0.6) is 0 Å². The third-order valence-electron chi connectivity index (χ3n) is 4.29. The van der Waals surface area contributed by atoms with Crippen LogP contribution in [0.25, 0.3) is 11.8 Å². The fraction of sp³-hybridized carbons (Fsp3) is 0.429. The van der Waals surface area contributed by atoms with Crippen LogP contribution in [0, 0.1) is 0 Å². The molecule has 2 rings (SSSR count). The number of likely N-dealkylation sites (tertiary alicyclic amines) is 1. The van der Waals surface area contributed by atoms with E-state index in [0.29, 0.717) is 25.3 Å². The maximum absolute atomic E-state index is 12.1. The predicted molar refractivity (Wildman–Crippen MR) is 106 cm³/mol. The summed E-state index contributed by atoms with van der Waals surface area (Å²) in [6, 6.07) is 6.13. The van der Waals surface area contributed by atoms with Crippen LogP contribution in [0.1, 0.15) is 50.3 Å². The molecule has 1 saturated heterocycles. The van der Waals surface area contributed by atoms with Crippen LogP contribution in [0.4, 0.5) is 4.79 Å². The number of hydrogen-bond donors (Lipinski definition) is 1. The first-order chi connectivity index (χ1) is 12.2. The summed E-state index contributed by atoms with van der Waals surface area (Å²) in [5.74, 6) is 0. The number of amides is 1. The van der Waals surface area contributed by atoms with Gasteiger partial charge in [-0.15, -0.1) is 0 Å². The van der Waals surface area contributed by atoms with Crippen LogP contribution in [-0.4, -0.2) is 36.4 Å². The molecule has 1 aliphatic heterocycles. The summed E-state index contributed by atoms with van der Waals surface area (Å²) in [7, 11) is 0. The van der Waals surface area contributed by atoms with E-state index in [9.17, 15) is 4.79 Å². The Morgan fingerprint density at radius 2 is 2.00 bits per heavy atom. The minimum atomic E-state index is -0.459. The molecule has 150 valence electrons. The molecule has 6 heteroatoms. The van der Waals surface area contributed by atoms with Gasteiger partial charge in [0.2, 0.25) is 0 Å². The zero-order valence-electron chi connectivity index (χ0n) is 16.4. The molecule has 1 aromatic carbocycles. The summed E-state index contributed by atoms with van der Waals surface area (Å²) in [4.78, 5) is 17.6. The fourth-order valence-corrected chi connectivity index (χ4v) is 2.94. The molecule has 0 atom stereocenters. The van der Waals surface area contributed by atoms with Gasteiger partial charge in [0.15, 0.2) is 0 Å². The molecule has 1 heterocycles. The first kappa shape index (κ1) is 23.1. The zero-order valence-corrected chi connectivity index (χ0v) is 17.4. The first-order valence-electron chi connectivity index (χ1n) is 8.93. The van der Waals surface area contributed by atoms with Crippen molar-refractivity contribution in [2.24, 2.45) is 4.99 Å². The summed E-state index contributed by atoms with van der Waals surface area (Å²) < 4.78 is 5.44. The first-order valence-corrected chi connectivity index (χ1v) is 8.93. The molecule has 5 nitrogen and oxygen atoms in total. The number of piperidine rings is 1. The number of rotatable bonds is 4. The van der Waals surface area contributed by atoms with E-state index in [4.69, 9.17) is 11.5 Å². The summed E-state index contributed by atoms with van der Waals surface area (Å²) >= 11 is 0. The van der Waals surface area contributed by atoms with Gasteiger partial charge in [-0.3, -0.25) is 0 Å². The molecule has 1 aliphatic rings. The van der Waals surface area contributed by atoms with Crippen molar-refractivity contribution in [3.8, 4) is 0 Å². The second-order valence-electron chi connectivity index (χ2n) is 7.51. The molecule has 0 aromatic heterocycles. The quantitative estimate of drug-likeness (QED) is 0.466. The van der Waals surface area contributed by atoms with Gasteiger partial charge in [-0.25, -0.2) is 4.79 Å². The molecule has 1 amide bonds. The van der Waals surface area contributed by atoms with Crippen LogP contribution in [-0.2, 0) is 27.8 Å². The molecule has 0 aliphatic carbocycles. The average Bonchev–Trinajstić information content (AvgIpc) is 2.60. The number of carbonyl (C=O) groups excluding carboxylic acids is 1. The Bertz CT molecular complexity index is 725. The second kappa shape index (κ2) is 9.86. The van der Waals surface area contributed by atoms with E-state index in [0.717, 1.165) is 29.5 Å². The van der Waals surface area contributed by atoms with Crippen LogP contribution >= 0.6 is 0 Å². The number of ether oxygens (including phenoxy) is 1. The minimum absolute atomic E-state index is 0. The Morgan fingerprint density at radius 1 is 1.37 bits per heavy atom. The summed E-state index contributed by atoms with van der Waals surface area (Å²) in [5, 5.41) is 0. The second-order valence-corrected chi connectivity index (χ2v) is 7.51. The van der Waals surface area contributed by atoms with E-state index in [1.165, 1.54) is 5.57 Å². The monoisotopic (exact) mass is 413 g/mol. The maximum atomic E-state index is 12.1. The van der Waals surface area contributed by atoms with E-state index in [1.807, 2.05) is 32.9 Å². The Labute approximate surface area is 172 Å². The van der Waals surface area contributed by atoms with E-state index in [-0.39, 0.29) is 22.6 Å². The number of hydrogen-bond acceptors (Lipinski definition) is 3. The smallest absolute Gasteiger partial charge is 0.410 e. The maximum Gasteiger partial charge on any atom is 0.410 e. The van der Waals surface area contributed by atoms with Crippen molar-refractivity contribution in [2.45, 2.75) is 45.8 Å². The van der Waals surface area contributed by atoms with Gasteiger partial charge in [-0.2, -0.15) is 13.3 Å². The van der Waals surface area contributed by atoms with Crippen LogP contribution in [0.15, 0.2) is 35.3 Å². The van der Waals surface area contributed by atoms with Gasteiger partial charge in [-0.1, -0.05) is 35.0 Å². The van der Waals surface area contributed by atoms with E-state index in [2.05, 4.69) is 29.4 Å². The van der Waals surface area contributed by atoms with E-state index >= 15 is 0 Å². The van der Waals surface area contributed by atoms with Crippen LogP contribution in [0.2, 0.25) is 0 Å². The zero-order chi connectivity index (χ0) is 19.3. The molecule has 27 heavy (non-hydrogen) atoms. The Morgan fingerprint density at radius 3 is 2.52 bits per heavy atom. The van der Waals surface area contributed by atoms with Crippen molar-refractivity contribution in [3.63, 3.8) is 0 Å². The number of benzene rings is 1. The normalized spacial score (nSPS) is 14.2. The molecular weight excluding hydrogens is 385 g/mol. The number of quaternary nitrogens is 1. The number of aliphatic imine (C=N–C) groups is 1. The molecule has 1 fully saturated rings.